The molecule has 0 saturated carbocycles. The van der Waals surface area contributed by atoms with Crippen LogP contribution in [0.15, 0.2) is 42.5 Å². The van der Waals surface area contributed by atoms with Crippen molar-refractivity contribution < 1.29 is 4.79 Å². The molecule has 6 nitrogen and oxygen atoms in total. The van der Waals surface area contributed by atoms with Gasteiger partial charge in [0, 0.05) is 5.02 Å². The molecule has 3 aromatic rings. The number of aromatic nitrogens is 4. The fourth-order valence-electron chi connectivity index (χ4n) is 2.13. The van der Waals surface area contributed by atoms with Crippen molar-refractivity contribution in [2.24, 2.45) is 0 Å². The normalized spacial score (nSPS) is 10.6. The summed E-state index contributed by atoms with van der Waals surface area (Å²) in [5.41, 5.74) is 2.30. The van der Waals surface area contributed by atoms with Gasteiger partial charge in [-0.05, 0) is 47.7 Å². The van der Waals surface area contributed by atoms with E-state index in [1.807, 2.05) is 31.2 Å². The molecule has 3 rings (SSSR count). The van der Waals surface area contributed by atoms with Crippen LogP contribution in [0.25, 0.3) is 5.69 Å². The molecule has 8 heteroatoms. The molecular weight excluding hydrogens is 349 g/mol. The highest BCUT2D eigenvalue weighted by Gasteiger charge is 2.13. The van der Waals surface area contributed by atoms with E-state index >= 15 is 0 Å². The second kappa shape index (κ2) is 6.98. The predicted octanol–water partition coefficient (Wildman–Crippen LogP) is 3.21. The second-order valence-electron chi connectivity index (χ2n) is 5.15. The molecular formula is C16H13Cl2N5O. The second-order valence-corrected chi connectivity index (χ2v) is 5.99. The van der Waals surface area contributed by atoms with Crippen molar-refractivity contribution in [3.05, 3.63) is 69.5 Å². The summed E-state index contributed by atoms with van der Waals surface area (Å²) < 4.78 is 1.57. The number of nitrogens with one attached hydrogen (secondary N) is 1. The maximum atomic E-state index is 12.2. The van der Waals surface area contributed by atoms with Gasteiger partial charge in [0.1, 0.15) is 0 Å². The van der Waals surface area contributed by atoms with Gasteiger partial charge in [-0.3, -0.25) is 4.79 Å². The van der Waals surface area contributed by atoms with Crippen molar-refractivity contribution in [2.45, 2.75) is 13.5 Å². The van der Waals surface area contributed by atoms with E-state index in [2.05, 4.69) is 20.8 Å². The largest absolute Gasteiger partial charge is 0.345 e. The number of hydrogen-bond donors (Lipinski definition) is 1. The number of carbonyl (C=O) groups excluding carboxylic acids is 1. The first-order chi connectivity index (χ1) is 11.5. The van der Waals surface area contributed by atoms with E-state index in [-0.39, 0.29) is 17.5 Å². The standard InChI is InChI=1S/C16H13Cl2N5O/c1-10-2-5-12(6-3-10)23-15(20-21-22-23)9-19-16(24)13-7-4-11(17)8-14(13)18/h2-8H,9H2,1H3,(H,19,24). The molecule has 0 bridgehead atoms. The van der Waals surface area contributed by atoms with Gasteiger partial charge in [0.25, 0.3) is 5.91 Å². The van der Waals surface area contributed by atoms with Crippen LogP contribution >= 0.6 is 23.2 Å². The molecule has 1 aromatic heterocycles. The number of nitrogens with zero attached hydrogens (tertiary/aromatic N) is 4. The molecule has 0 aliphatic heterocycles. The Labute approximate surface area is 148 Å². The zero-order valence-corrected chi connectivity index (χ0v) is 14.2. The molecule has 24 heavy (non-hydrogen) atoms. The molecule has 0 aliphatic carbocycles. The molecule has 0 radical (unpaired) electrons. The first-order valence-electron chi connectivity index (χ1n) is 7.12. The highest BCUT2D eigenvalue weighted by Crippen LogP contribution is 2.21. The third-order valence-corrected chi connectivity index (χ3v) is 3.94. The Hall–Kier alpha value is -2.44. The van der Waals surface area contributed by atoms with Crippen LogP contribution in [0.1, 0.15) is 21.7 Å². The Morgan fingerprint density at radius 2 is 1.92 bits per heavy atom. The highest BCUT2D eigenvalue weighted by atomic mass is 35.5. The van der Waals surface area contributed by atoms with Gasteiger partial charge in [-0.1, -0.05) is 40.9 Å². The lowest BCUT2D eigenvalue weighted by Gasteiger charge is -2.08. The van der Waals surface area contributed by atoms with Gasteiger partial charge in [-0.15, -0.1) is 5.10 Å². The summed E-state index contributed by atoms with van der Waals surface area (Å²) >= 11 is 11.9. The zero-order valence-electron chi connectivity index (χ0n) is 12.7. The van der Waals surface area contributed by atoms with Gasteiger partial charge in [-0.25, -0.2) is 0 Å². The average molecular weight is 362 g/mol. The molecule has 0 fully saturated rings. The molecule has 122 valence electrons. The van der Waals surface area contributed by atoms with E-state index in [9.17, 15) is 4.79 Å². The lowest BCUT2D eigenvalue weighted by Crippen LogP contribution is -2.25. The molecule has 0 aliphatic rings. The van der Waals surface area contributed by atoms with E-state index in [4.69, 9.17) is 23.2 Å². The van der Waals surface area contributed by atoms with E-state index in [1.165, 1.54) is 6.07 Å². The molecule has 1 amide bonds. The average Bonchev–Trinajstić information content (AvgIpc) is 3.02. The summed E-state index contributed by atoms with van der Waals surface area (Å²) in [6.07, 6.45) is 0. The minimum atomic E-state index is -0.324. The summed E-state index contributed by atoms with van der Waals surface area (Å²) in [6.45, 7) is 2.17. The number of aryl methyl sites for hydroxylation is 1. The van der Waals surface area contributed by atoms with Crippen LogP contribution in [-0.4, -0.2) is 26.1 Å². The summed E-state index contributed by atoms with van der Waals surface area (Å²) in [6, 6.07) is 12.5. The Bertz CT molecular complexity index is 876. The fraction of sp³-hybridized carbons (Fsp3) is 0.125. The minimum absolute atomic E-state index is 0.165. The van der Waals surface area contributed by atoms with Crippen LogP contribution in [0.4, 0.5) is 0 Å². The third-order valence-electron chi connectivity index (χ3n) is 3.40. The molecule has 0 saturated heterocycles. The summed E-state index contributed by atoms with van der Waals surface area (Å²) in [5.74, 6) is 0.187. The van der Waals surface area contributed by atoms with Crippen molar-refractivity contribution in [2.75, 3.05) is 0 Å². The number of tetrazole rings is 1. The Morgan fingerprint density at radius 3 is 2.62 bits per heavy atom. The van der Waals surface area contributed by atoms with Crippen molar-refractivity contribution in [3.63, 3.8) is 0 Å². The lowest BCUT2D eigenvalue weighted by molar-refractivity contribution is 0.0950. The Balaban J connectivity index is 1.75. The van der Waals surface area contributed by atoms with Crippen molar-refractivity contribution in [3.8, 4) is 5.69 Å². The topological polar surface area (TPSA) is 72.7 Å². The number of halogens is 2. The van der Waals surface area contributed by atoms with Crippen molar-refractivity contribution in [1.29, 1.82) is 0 Å². The third kappa shape index (κ3) is 3.55. The zero-order chi connectivity index (χ0) is 17.1. The van der Waals surface area contributed by atoms with E-state index in [0.717, 1.165) is 11.3 Å². The minimum Gasteiger partial charge on any atom is -0.345 e. The maximum Gasteiger partial charge on any atom is 0.253 e. The van der Waals surface area contributed by atoms with Crippen LogP contribution in [0.5, 0.6) is 0 Å². The highest BCUT2D eigenvalue weighted by molar-refractivity contribution is 6.36. The van der Waals surface area contributed by atoms with Crippen LogP contribution < -0.4 is 5.32 Å². The summed E-state index contributed by atoms with van der Waals surface area (Å²) in [7, 11) is 0. The quantitative estimate of drug-likeness (QED) is 0.774. The van der Waals surface area contributed by atoms with Crippen molar-refractivity contribution in [1.82, 2.24) is 25.5 Å². The van der Waals surface area contributed by atoms with Gasteiger partial charge < -0.3 is 5.32 Å². The number of hydrogen-bond acceptors (Lipinski definition) is 4. The first-order valence-corrected chi connectivity index (χ1v) is 7.88. The van der Waals surface area contributed by atoms with Crippen LogP contribution in [0.3, 0.4) is 0 Å². The fourth-order valence-corrected chi connectivity index (χ4v) is 2.62. The van der Waals surface area contributed by atoms with Gasteiger partial charge in [0.05, 0.1) is 22.8 Å². The van der Waals surface area contributed by atoms with Crippen LogP contribution in [-0.2, 0) is 6.54 Å². The SMILES string of the molecule is Cc1ccc(-n2nnnc2CNC(=O)c2ccc(Cl)cc2Cl)cc1. The number of carbonyl (C=O) groups is 1. The Morgan fingerprint density at radius 1 is 1.17 bits per heavy atom. The maximum absolute atomic E-state index is 12.2. The smallest absolute Gasteiger partial charge is 0.253 e. The number of rotatable bonds is 4. The lowest BCUT2D eigenvalue weighted by atomic mass is 10.2. The van der Waals surface area contributed by atoms with E-state index < -0.39 is 0 Å². The van der Waals surface area contributed by atoms with Gasteiger partial charge in [0.2, 0.25) is 0 Å². The molecule has 0 spiro atoms. The number of amides is 1. The summed E-state index contributed by atoms with van der Waals surface area (Å²) in [4.78, 5) is 12.2. The molecule has 1 N–H and O–H groups in total. The number of benzene rings is 2. The van der Waals surface area contributed by atoms with Crippen molar-refractivity contribution >= 4 is 29.1 Å². The molecule has 0 atom stereocenters. The van der Waals surface area contributed by atoms with Crippen LogP contribution in [0, 0.1) is 6.92 Å². The first kappa shape index (κ1) is 16.4. The predicted molar refractivity (Wildman–Crippen MR) is 91.5 cm³/mol. The molecule has 1 heterocycles. The van der Waals surface area contributed by atoms with Gasteiger partial charge in [-0.2, -0.15) is 4.68 Å². The van der Waals surface area contributed by atoms with Gasteiger partial charge in [0.15, 0.2) is 5.82 Å². The Kier molecular flexibility index (Phi) is 4.78. The monoisotopic (exact) mass is 361 g/mol. The van der Waals surface area contributed by atoms with E-state index in [0.29, 0.717) is 16.4 Å². The van der Waals surface area contributed by atoms with Crippen LogP contribution in [0.2, 0.25) is 10.0 Å². The van der Waals surface area contributed by atoms with Gasteiger partial charge >= 0.3 is 0 Å². The molecule has 0 unspecified atom stereocenters. The molecule has 2 aromatic carbocycles. The summed E-state index contributed by atoms with van der Waals surface area (Å²) in [5, 5.41) is 15.1. The van der Waals surface area contributed by atoms with E-state index in [1.54, 1.807) is 16.8 Å².